The molecule has 0 spiro atoms. The maximum absolute atomic E-state index is 13.3. The SMILES string of the molecule is CCNCc1cc(C)nc(-c2ccc(F)c(C)c2)n1. The second-order valence-electron chi connectivity index (χ2n) is 4.57. The number of aromatic nitrogens is 2. The summed E-state index contributed by atoms with van der Waals surface area (Å²) in [5.41, 5.74) is 3.32. The Kier molecular flexibility index (Phi) is 4.22. The van der Waals surface area contributed by atoms with Gasteiger partial charge in [0.2, 0.25) is 0 Å². The zero-order valence-corrected chi connectivity index (χ0v) is 11.5. The van der Waals surface area contributed by atoms with E-state index in [0.717, 1.165) is 23.5 Å². The molecule has 0 saturated heterocycles. The number of hydrogen-bond acceptors (Lipinski definition) is 3. The Labute approximate surface area is 112 Å². The molecule has 0 radical (unpaired) electrons. The minimum Gasteiger partial charge on any atom is -0.311 e. The topological polar surface area (TPSA) is 37.8 Å². The van der Waals surface area contributed by atoms with Crippen LogP contribution in [0.1, 0.15) is 23.9 Å². The van der Waals surface area contributed by atoms with Crippen molar-refractivity contribution in [2.45, 2.75) is 27.3 Å². The molecule has 0 bridgehead atoms. The molecule has 0 aliphatic heterocycles. The molecule has 2 rings (SSSR count). The molecule has 0 saturated carbocycles. The van der Waals surface area contributed by atoms with Crippen LogP contribution < -0.4 is 5.32 Å². The molecule has 0 atom stereocenters. The number of nitrogens with zero attached hydrogens (tertiary/aromatic N) is 2. The predicted molar refractivity (Wildman–Crippen MR) is 74.3 cm³/mol. The van der Waals surface area contributed by atoms with Crippen molar-refractivity contribution < 1.29 is 4.39 Å². The van der Waals surface area contributed by atoms with Crippen LogP contribution in [0.2, 0.25) is 0 Å². The van der Waals surface area contributed by atoms with Crippen LogP contribution in [0.15, 0.2) is 24.3 Å². The van der Waals surface area contributed by atoms with E-state index in [1.807, 2.05) is 13.0 Å². The van der Waals surface area contributed by atoms with Gasteiger partial charge in [0, 0.05) is 17.8 Å². The number of nitrogens with one attached hydrogen (secondary N) is 1. The van der Waals surface area contributed by atoms with E-state index in [2.05, 4.69) is 22.2 Å². The van der Waals surface area contributed by atoms with Crippen LogP contribution >= 0.6 is 0 Å². The molecular weight excluding hydrogens is 241 g/mol. The van der Waals surface area contributed by atoms with Crippen molar-refractivity contribution in [1.82, 2.24) is 15.3 Å². The summed E-state index contributed by atoms with van der Waals surface area (Å²) in [4.78, 5) is 8.94. The molecule has 1 N–H and O–H groups in total. The molecule has 4 heteroatoms. The fourth-order valence-electron chi connectivity index (χ4n) is 1.89. The van der Waals surface area contributed by atoms with Gasteiger partial charge < -0.3 is 5.32 Å². The van der Waals surface area contributed by atoms with Gasteiger partial charge in [-0.15, -0.1) is 0 Å². The van der Waals surface area contributed by atoms with Crippen molar-refractivity contribution in [3.05, 3.63) is 47.0 Å². The van der Waals surface area contributed by atoms with E-state index in [1.54, 1.807) is 19.1 Å². The second kappa shape index (κ2) is 5.89. The lowest BCUT2D eigenvalue weighted by Crippen LogP contribution is -2.13. The molecule has 1 heterocycles. The van der Waals surface area contributed by atoms with Crippen LogP contribution in [0.4, 0.5) is 4.39 Å². The second-order valence-corrected chi connectivity index (χ2v) is 4.57. The van der Waals surface area contributed by atoms with Gasteiger partial charge in [0.15, 0.2) is 5.82 Å². The summed E-state index contributed by atoms with van der Waals surface area (Å²) in [5, 5.41) is 3.24. The van der Waals surface area contributed by atoms with Crippen LogP contribution in [0.3, 0.4) is 0 Å². The molecule has 0 unspecified atom stereocenters. The van der Waals surface area contributed by atoms with Crippen molar-refractivity contribution in [3.63, 3.8) is 0 Å². The van der Waals surface area contributed by atoms with Gasteiger partial charge in [-0.05, 0) is 50.2 Å². The van der Waals surface area contributed by atoms with Gasteiger partial charge in [0.25, 0.3) is 0 Å². The molecule has 0 fully saturated rings. The molecular formula is C15H18FN3. The van der Waals surface area contributed by atoms with Crippen LogP contribution in [0.5, 0.6) is 0 Å². The Bertz CT molecular complexity index is 582. The van der Waals surface area contributed by atoms with Crippen molar-refractivity contribution in [2.75, 3.05) is 6.54 Å². The van der Waals surface area contributed by atoms with Gasteiger partial charge in [-0.25, -0.2) is 14.4 Å². The smallest absolute Gasteiger partial charge is 0.159 e. The van der Waals surface area contributed by atoms with Crippen LogP contribution in [0, 0.1) is 19.7 Å². The largest absolute Gasteiger partial charge is 0.311 e. The first-order valence-electron chi connectivity index (χ1n) is 6.42. The third-order valence-corrected chi connectivity index (χ3v) is 2.88. The number of rotatable bonds is 4. The predicted octanol–water partition coefficient (Wildman–Crippen LogP) is 3.01. The van der Waals surface area contributed by atoms with E-state index < -0.39 is 0 Å². The average Bonchev–Trinajstić information content (AvgIpc) is 2.39. The lowest BCUT2D eigenvalue weighted by Gasteiger charge is -2.07. The van der Waals surface area contributed by atoms with Crippen molar-refractivity contribution in [3.8, 4) is 11.4 Å². The summed E-state index contributed by atoms with van der Waals surface area (Å²) < 4.78 is 13.3. The molecule has 19 heavy (non-hydrogen) atoms. The van der Waals surface area contributed by atoms with Gasteiger partial charge in [-0.1, -0.05) is 6.92 Å². The zero-order valence-electron chi connectivity index (χ0n) is 11.5. The molecule has 0 aliphatic carbocycles. The number of aryl methyl sites for hydroxylation is 2. The van der Waals surface area contributed by atoms with Gasteiger partial charge >= 0.3 is 0 Å². The molecule has 1 aromatic carbocycles. The third-order valence-electron chi connectivity index (χ3n) is 2.88. The summed E-state index contributed by atoms with van der Waals surface area (Å²) >= 11 is 0. The lowest BCUT2D eigenvalue weighted by atomic mass is 10.1. The van der Waals surface area contributed by atoms with Crippen LogP contribution in [-0.4, -0.2) is 16.5 Å². The highest BCUT2D eigenvalue weighted by molar-refractivity contribution is 5.56. The van der Waals surface area contributed by atoms with E-state index in [4.69, 9.17) is 0 Å². The lowest BCUT2D eigenvalue weighted by molar-refractivity contribution is 0.618. The fourth-order valence-corrected chi connectivity index (χ4v) is 1.89. The maximum Gasteiger partial charge on any atom is 0.159 e. The molecule has 2 aromatic rings. The normalized spacial score (nSPS) is 10.7. The minimum atomic E-state index is -0.204. The fraction of sp³-hybridized carbons (Fsp3) is 0.333. The highest BCUT2D eigenvalue weighted by Crippen LogP contribution is 2.19. The van der Waals surface area contributed by atoms with Gasteiger partial charge in [-0.2, -0.15) is 0 Å². The Morgan fingerprint density at radius 3 is 2.63 bits per heavy atom. The van der Waals surface area contributed by atoms with E-state index in [-0.39, 0.29) is 5.82 Å². The molecule has 1 aromatic heterocycles. The highest BCUT2D eigenvalue weighted by Gasteiger charge is 2.07. The van der Waals surface area contributed by atoms with E-state index >= 15 is 0 Å². The van der Waals surface area contributed by atoms with Crippen molar-refractivity contribution in [2.24, 2.45) is 0 Å². The van der Waals surface area contributed by atoms with Gasteiger partial charge in [0.1, 0.15) is 5.82 Å². The molecule has 3 nitrogen and oxygen atoms in total. The summed E-state index contributed by atoms with van der Waals surface area (Å²) in [6, 6.07) is 6.91. The Hall–Kier alpha value is -1.81. The quantitative estimate of drug-likeness (QED) is 0.917. The van der Waals surface area contributed by atoms with Crippen molar-refractivity contribution >= 4 is 0 Å². The summed E-state index contributed by atoms with van der Waals surface area (Å²) in [7, 11) is 0. The summed E-state index contributed by atoms with van der Waals surface area (Å²) in [6.07, 6.45) is 0. The number of hydrogen-bond donors (Lipinski definition) is 1. The summed E-state index contributed by atoms with van der Waals surface area (Å²) in [5.74, 6) is 0.445. The maximum atomic E-state index is 13.3. The first-order chi connectivity index (χ1) is 9.10. The van der Waals surface area contributed by atoms with Gasteiger partial charge in [-0.3, -0.25) is 0 Å². The Balaban J connectivity index is 2.37. The third kappa shape index (κ3) is 3.35. The van der Waals surface area contributed by atoms with Crippen LogP contribution in [-0.2, 0) is 6.54 Å². The Morgan fingerprint density at radius 1 is 1.16 bits per heavy atom. The highest BCUT2D eigenvalue weighted by atomic mass is 19.1. The number of halogens is 1. The average molecular weight is 259 g/mol. The number of benzene rings is 1. The first-order valence-corrected chi connectivity index (χ1v) is 6.42. The zero-order chi connectivity index (χ0) is 13.8. The molecule has 0 aliphatic rings. The standard InChI is InChI=1S/C15H18FN3/c1-4-17-9-13-8-11(3)18-15(19-13)12-5-6-14(16)10(2)7-12/h5-8,17H,4,9H2,1-3H3. The molecule has 100 valence electrons. The Morgan fingerprint density at radius 2 is 1.95 bits per heavy atom. The monoisotopic (exact) mass is 259 g/mol. The van der Waals surface area contributed by atoms with E-state index in [1.165, 1.54) is 6.07 Å². The van der Waals surface area contributed by atoms with Gasteiger partial charge in [0.05, 0.1) is 5.69 Å². The van der Waals surface area contributed by atoms with E-state index in [9.17, 15) is 4.39 Å². The van der Waals surface area contributed by atoms with Crippen LogP contribution in [0.25, 0.3) is 11.4 Å². The first kappa shape index (κ1) is 13.6. The summed E-state index contributed by atoms with van der Waals surface area (Å²) in [6.45, 7) is 7.35. The van der Waals surface area contributed by atoms with Crippen molar-refractivity contribution in [1.29, 1.82) is 0 Å². The van der Waals surface area contributed by atoms with E-state index in [0.29, 0.717) is 17.9 Å². The molecule has 0 amide bonds. The minimum absolute atomic E-state index is 0.204.